The first-order valence-corrected chi connectivity index (χ1v) is 6.14. The third kappa shape index (κ3) is 3.31. The van der Waals surface area contributed by atoms with E-state index in [0.717, 1.165) is 11.3 Å². The molecule has 0 radical (unpaired) electrons. The van der Waals surface area contributed by atoms with Gasteiger partial charge in [0.25, 0.3) is 0 Å². The summed E-state index contributed by atoms with van der Waals surface area (Å²) in [6.45, 7) is 3.94. The first kappa shape index (κ1) is 13.1. The van der Waals surface area contributed by atoms with Gasteiger partial charge in [0.1, 0.15) is 5.75 Å². The SMILES string of the molecule is CC(C)Oc1ccc(-c2nc(Cl)nc(Cl)n2)cc1. The van der Waals surface area contributed by atoms with Crippen molar-refractivity contribution in [2.24, 2.45) is 0 Å². The minimum absolute atomic E-state index is 0.0764. The lowest BCUT2D eigenvalue weighted by Gasteiger charge is -2.09. The number of hydrogen-bond donors (Lipinski definition) is 0. The molecular formula is C12H11Cl2N3O. The maximum atomic E-state index is 5.73. The summed E-state index contributed by atoms with van der Waals surface area (Å²) in [4.78, 5) is 11.7. The molecule has 1 heterocycles. The Morgan fingerprint density at radius 2 is 1.50 bits per heavy atom. The summed E-state index contributed by atoms with van der Waals surface area (Å²) in [7, 11) is 0. The van der Waals surface area contributed by atoms with Crippen LogP contribution in [0.3, 0.4) is 0 Å². The number of aromatic nitrogens is 3. The Bertz CT molecular complexity index is 523. The number of ether oxygens (including phenoxy) is 1. The van der Waals surface area contributed by atoms with Crippen LogP contribution in [0.1, 0.15) is 13.8 Å². The van der Waals surface area contributed by atoms with Crippen molar-refractivity contribution in [2.75, 3.05) is 0 Å². The average molecular weight is 284 g/mol. The number of benzene rings is 1. The number of halogens is 2. The highest BCUT2D eigenvalue weighted by Crippen LogP contribution is 2.21. The van der Waals surface area contributed by atoms with E-state index in [-0.39, 0.29) is 16.7 Å². The van der Waals surface area contributed by atoms with Crippen LogP contribution < -0.4 is 4.74 Å². The average Bonchev–Trinajstić information content (AvgIpc) is 2.27. The summed E-state index contributed by atoms with van der Waals surface area (Å²) in [6, 6.07) is 7.39. The zero-order chi connectivity index (χ0) is 13.1. The summed E-state index contributed by atoms with van der Waals surface area (Å²) in [6.07, 6.45) is 0.136. The van der Waals surface area contributed by atoms with Crippen molar-refractivity contribution in [3.63, 3.8) is 0 Å². The zero-order valence-electron chi connectivity index (χ0n) is 9.89. The van der Waals surface area contributed by atoms with E-state index < -0.39 is 0 Å². The van der Waals surface area contributed by atoms with Crippen molar-refractivity contribution in [1.29, 1.82) is 0 Å². The molecule has 0 atom stereocenters. The summed E-state index contributed by atoms with van der Waals surface area (Å²) in [5.74, 6) is 1.23. The van der Waals surface area contributed by atoms with Crippen LogP contribution in [0.5, 0.6) is 5.75 Å². The van der Waals surface area contributed by atoms with Gasteiger partial charge in [-0.2, -0.15) is 15.0 Å². The van der Waals surface area contributed by atoms with E-state index in [9.17, 15) is 0 Å². The largest absolute Gasteiger partial charge is 0.491 e. The predicted molar refractivity (Wildman–Crippen MR) is 71.0 cm³/mol. The second-order valence-corrected chi connectivity index (χ2v) is 4.56. The Morgan fingerprint density at radius 1 is 0.944 bits per heavy atom. The fourth-order valence-electron chi connectivity index (χ4n) is 1.41. The maximum absolute atomic E-state index is 5.73. The molecule has 0 amide bonds. The molecule has 2 rings (SSSR count). The molecule has 0 N–H and O–H groups in total. The first-order valence-electron chi connectivity index (χ1n) is 5.39. The van der Waals surface area contributed by atoms with Crippen molar-refractivity contribution < 1.29 is 4.74 Å². The minimum atomic E-state index is 0.0764. The van der Waals surface area contributed by atoms with Crippen molar-refractivity contribution in [3.05, 3.63) is 34.8 Å². The predicted octanol–water partition coefficient (Wildman–Crippen LogP) is 3.63. The quantitative estimate of drug-likeness (QED) is 0.863. The van der Waals surface area contributed by atoms with E-state index in [1.165, 1.54) is 0 Å². The molecule has 0 fully saturated rings. The summed E-state index contributed by atoms with van der Waals surface area (Å²) < 4.78 is 5.55. The van der Waals surface area contributed by atoms with E-state index in [2.05, 4.69) is 15.0 Å². The molecule has 0 aliphatic rings. The Morgan fingerprint density at radius 3 is 2.00 bits per heavy atom. The summed E-state index contributed by atoms with van der Waals surface area (Å²) in [5, 5.41) is 0.153. The lowest BCUT2D eigenvalue weighted by Crippen LogP contribution is -2.05. The van der Waals surface area contributed by atoms with Gasteiger partial charge in [0, 0.05) is 5.56 Å². The second kappa shape index (κ2) is 5.50. The van der Waals surface area contributed by atoms with E-state index in [4.69, 9.17) is 27.9 Å². The molecule has 1 aromatic carbocycles. The molecule has 0 spiro atoms. The fourth-order valence-corrected chi connectivity index (χ4v) is 1.77. The van der Waals surface area contributed by atoms with Gasteiger partial charge in [0.15, 0.2) is 5.82 Å². The molecule has 0 saturated carbocycles. The Kier molecular flexibility index (Phi) is 3.99. The number of nitrogens with zero attached hydrogens (tertiary/aromatic N) is 3. The highest BCUT2D eigenvalue weighted by atomic mass is 35.5. The van der Waals surface area contributed by atoms with Crippen molar-refractivity contribution >= 4 is 23.2 Å². The van der Waals surface area contributed by atoms with Gasteiger partial charge < -0.3 is 4.74 Å². The van der Waals surface area contributed by atoms with Crippen LogP contribution in [0.4, 0.5) is 0 Å². The van der Waals surface area contributed by atoms with Gasteiger partial charge in [0.05, 0.1) is 6.10 Å². The highest BCUT2D eigenvalue weighted by molar-refractivity contribution is 6.31. The van der Waals surface area contributed by atoms with Crippen LogP contribution >= 0.6 is 23.2 Å². The van der Waals surface area contributed by atoms with Gasteiger partial charge in [-0.15, -0.1) is 0 Å². The van der Waals surface area contributed by atoms with Crippen LogP contribution in [-0.4, -0.2) is 21.1 Å². The van der Waals surface area contributed by atoms with Crippen LogP contribution in [-0.2, 0) is 0 Å². The van der Waals surface area contributed by atoms with Gasteiger partial charge in [0.2, 0.25) is 10.6 Å². The second-order valence-electron chi connectivity index (χ2n) is 3.89. The van der Waals surface area contributed by atoms with Crippen LogP contribution in [0.25, 0.3) is 11.4 Å². The molecule has 0 saturated heterocycles. The molecule has 2 aromatic rings. The summed E-state index contributed by atoms with van der Waals surface area (Å²) in [5.41, 5.74) is 0.803. The standard InChI is InChI=1S/C12H11Cl2N3O/c1-7(2)18-9-5-3-8(4-6-9)10-15-11(13)17-12(14)16-10/h3-7H,1-2H3. The highest BCUT2D eigenvalue weighted by Gasteiger charge is 2.06. The van der Waals surface area contributed by atoms with E-state index >= 15 is 0 Å². The molecule has 6 heteroatoms. The lowest BCUT2D eigenvalue weighted by atomic mass is 10.2. The Labute approximate surface area is 115 Å². The molecule has 0 unspecified atom stereocenters. The van der Waals surface area contributed by atoms with Gasteiger partial charge in [-0.1, -0.05) is 0 Å². The molecule has 0 bridgehead atoms. The van der Waals surface area contributed by atoms with Gasteiger partial charge in [-0.3, -0.25) is 0 Å². The van der Waals surface area contributed by atoms with Crippen molar-refractivity contribution in [2.45, 2.75) is 20.0 Å². The van der Waals surface area contributed by atoms with Crippen molar-refractivity contribution in [1.82, 2.24) is 15.0 Å². The molecular weight excluding hydrogens is 273 g/mol. The topological polar surface area (TPSA) is 47.9 Å². The fraction of sp³-hybridized carbons (Fsp3) is 0.250. The molecule has 18 heavy (non-hydrogen) atoms. The number of rotatable bonds is 3. The zero-order valence-corrected chi connectivity index (χ0v) is 11.4. The van der Waals surface area contributed by atoms with E-state index in [0.29, 0.717) is 5.82 Å². The Balaban J connectivity index is 2.28. The van der Waals surface area contributed by atoms with Crippen LogP contribution in [0, 0.1) is 0 Å². The first-order chi connectivity index (χ1) is 8.54. The monoisotopic (exact) mass is 283 g/mol. The molecule has 94 valence electrons. The third-order valence-electron chi connectivity index (χ3n) is 2.07. The summed E-state index contributed by atoms with van der Waals surface area (Å²) >= 11 is 11.5. The number of hydrogen-bond acceptors (Lipinski definition) is 4. The molecule has 0 aliphatic heterocycles. The Hall–Kier alpha value is -1.39. The normalized spacial score (nSPS) is 10.7. The maximum Gasteiger partial charge on any atom is 0.227 e. The van der Waals surface area contributed by atoms with Gasteiger partial charge >= 0.3 is 0 Å². The lowest BCUT2D eigenvalue weighted by molar-refractivity contribution is 0.242. The van der Waals surface area contributed by atoms with Crippen molar-refractivity contribution in [3.8, 4) is 17.1 Å². The smallest absolute Gasteiger partial charge is 0.227 e. The van der Waals surface area contributed by atoms with Gasteiger partial charge in [-0.25, -0.2) is 0 Å². The van der Waals surface area contributed by atoms with E-state index in [1.807, 2.05) is 38.1 Å². The van der Waals surface area contributed by atoms with Crippen LogP contribution in [0.2, 0.25) is 10.6 Å². The molecule has 1 aromatic heterocycles. The van der Waals surface area contributed by atoms with E-state index in [1.54, 1.807) is 0 Å². The van der Waals surface area contributed by atoms with Crippen LogP contribution in [0.15, 0.2) is 24.3 Å². The minimum Gasteiger partial charge on any atom is -0.491 e. The van der Waals surface area contributed by atoms with Gasteiger partial charge in [-0.05, 0) is 61.3 Å². The third-order valence-corrected chi connectivity index (χ3v) is 2.40. The molecule has 4 nitrogen and oxygen atoms in total. The molecule has 0 aliphatic carbocycles.